The van der Waals surface area contributed by atoms with Crippen molar-refractivity contribution >= 4 is 29.9 Å². The standard InChI is InChI=1S/C19H20ClFN2O.ClH/c1-22-12-16-3-2-10-23(16)19(24)17-9-6-14(11-18(17)21)13-4-7-15(20)8-5-13;/h4-9,11,16,22H,2-3,10,12H2,1H3;1H. The van der Waals surface area contributed by atoms with E-state index in [9.17, 15) is 9.18 Å². The smallest absolute Gasteiger partial charge is 0.257 e. The maximum Gasteiger partial charge on any atom is 0.257 e. The molecule has 1 heterocycles. The molecule has 1 atom stereocenters. The third-order valence-corrected chi connectivity index (χ3v) is 4.71. The number of amides is 1. The number of nitrogens with one attached hydrogen (secondary N) is 1. The minimum absolute atomic E-state index is 0. The highest BCUT2D eigenvalue weighted by atomic mass is 35.5. The zero-order valence-corrected chi connectivity index (χ0v) is 15.5. The highest BCUT2D eigenvalue weighted by Crippen LogP contribution is 2.26. The molecule has 0 radical (unpaired) electrons. The van der Waals surface area contributed by atoms with Gasteiger partial charge in [0.05, 0.1) is 5.56 Å². The van der Waals surface area contributed by atoms with Crippen LogP contribution >= 0.6 is 24.0 Å². The van der Waals surface area contributed by atoms with E-state index in [0.717, 1.165) is 30.5 Å². The van der Waals surface area contributed by atoms with Crippen LogP contribution in [0.4, 0.5) is 4.39 Å². The van der Waals surface area contributed by atoms with Gasteiger partial charge in [0, 0.05) is 24.2 Å². The fourth-order valence-corrected chi connectivity index (χ4v) is 3.34. The lowest BCUT2D eigenvalue weighted by Gasteiger charge is -2.24. The maximum absolute atomic E-state index is 14.5. The Morgan fingerprint density at radius 2 is 1.92 bits per heavy atom. The van der Waals surface area contributed by atoms with Gasteiger partial charge in [0.2, 0.25) is 0 Å². The predicted molar refractivity (Wildman–Crippen MR) is 102 cm³/mol. The van der Waals surface area contributed by atoms with Crippen LogP contribution in [-0.4, -0.2) is 37.0 Å². The van der Waals surface area contributed by atoms with Gasteiger partial charge >= 0.3 is 0 Å². The Morgan fingerprint density at radius 3 is 2.56 bits per heavy atom. The van der Waals surface area contributed by atoms with E-state index >= 15 is 0 Å². The van der Waals surface area contributed by atoms with E-state index < -0.39 is 5.82 Å². The van der Waals surface area contributed by atoms with Crippen molar-refractivity contribution in [3.63, 3.8) is 0 Å². The zero-order valence-electron chi connectivity index (χ0n) is 14.0. The van der Waals surface area contributed by atoms with Gasteiger partial charge in [-0.05, 0) is 55.3 Å². The van der Waals surface area contributed by atoms with Crippen LogP contribution < -0.4 is 5.32 Å². The first-order valence-electron chi connectivity index (χ1n) is 8.11. The van der Waals surface area contributed by atoms with Gasteiger partial charge in [0.25, 0.3) is 5.91 Å². The molecule has 0 aliphatic carbocycles. The summed E-state index contributed by atoms with van der Waals surface area (Å²) in [5.41, 5.74) is 1.73. The maximum atomic E-state index is 14.5. The first-order valence-corrected chi connectivity index (χ1v) is 8.49. The van der Waals surface area contributed by atoms with E-state index in [1.54, 1.807) is 29.2 Å². The molecule has 0 spiro atoms. The molecular formula is C19H21Cl2FN2O. The largest absolute Gasteiger partial charge is 0.334 e. The predicted octanol–water partition coefficient (Wildman–Crippen LogP) is 4.39. The van der Waals surface area contributed by atoms with Crippen molar-refractivity contribution in [3.8, 4) is 11.1 Å². The minimum Gasteiger partial charge on any atom is -0.334 e. The van der Waals surface area contributed by atoms with Gasteiger partial charge < -0.3 is 10.2 Å². The minimum atomic E-state index is -0.484. The highest BCUT2D eigenvalue weighted by molar-refractivity contribution is 6.30. The van der Waals surface area contributed by atoms with Crippen LogP contribution in [-0.2, 0) is 0 Å². The summed E-state index contributed by atoms with van der Waals surface area (Å²) < 4.78 is 14.5. The molecular weight excluding hydrogens is 362 g/mol. The van der Waals surface area contributed by atoms with Crippen LogP contribution in [0.2, 0.25) is 5.02 Å². The Morgan fingerprint density at radius 1 is 1.24 bits per heavy atom. The van der Waals surface area contributed by atoms with Crippen molar-refractivity contribution in [2.24, 2.45) is 0 Å². The Hall–Kier alpha value is -1.62. The van der Waals surface area contributed by atoms with E-state index in [4.69, 9.17) is 11.6 Å². The summed E-state index contributed by atoms with van der Waals surface area (Å²) in [4.78, 5) is 14.5. The average Bonchev–Trinajstić information content (AvgIpc) is 3.03. The first kappa shape index (κ1) is 19.7. The molecule has 1 unspecified atom stereocenters. The molecule has 0 saturated carbocycles. The van der Waals surface area contributed by atoms with Gasteiger partial charge in [-0.25, -0.2) is 4.39 Å². The quantitative estimate of drug-likeness (QED) is 0.849. The number of hydrogen-bond donors (Lipinski definition) is 1. The molecule has 134 valence electrons. The topological polar surface area (TPSA) is 32.3 Å². The molecule has 3 nitrogen and oxygen atoms in total. The number of benzene rings is 2. The van der Waals surface area contributed by atoms with Crippen LogP contribution in [0.15, 0.2) is 42.5 Å². The highest BCUT2D eigenvalue weighted by Gasteiger charge is 2.30. The Kier molecular flexibility index (Phi) is 6.82. The fourth-order valence-electron chi connectivity index (χ4n) is 3.22. The van der Waals surface area contributed by atoms with Gasteiger partial charge in [0.15, 0.2) is 0 Å². The summed E-state index contributed by atoms with van der Waals surface area (Å²) in [5, 5.41) is 3.73. The third kappa shape index (κ3) is 4.32. The van der Waals surface area contributed by atoms with Gasteiger partial charge in [-0.15, -0.1) is 12.4 Å². The van der Waals surface area contributed by atoms with Gasteiger partial charge in [-0.1, -0.05) is 29.8 Å². The number of nitrogens with zero attached hydrogens (tertiary/aromatic N) is 1. The summed E-state index contributed by atoms with van der Waals surface area (Å²) in [5.74, 6) is -0.713. The number of halogens is 3. The van der Waals surface area contributed by atoms with E-state index in [0.29, 0.717) is 11.6 Å². The second kappa shape index (κ2) is 8.65. The normalized spacial score (nSPS) is 16.6. The molecule has 0 aromatic heterocycles. The van der Waals surface area contributed by atoms with E-state index in [1.807, 2.05) is 19.2 Å². The first-order chi connectivity index (χ1) is 11.6. The summed E-state index contributed by atoms with van der Waals surface area (Å²) in [7, 11) is 1.86. The number of carbonyl (C=O) groups excluding carboxylic acids is 1. The molecule has 3 rings (SSSR count). The third-order valence-electron chi connectivity index (χ3n) is 4.45. The number of likely N-dealkylation sites (N-methyl/N-ethyl adjacent to an activating group) is 1. The lowest BCUT2D eigenvalue weighted by Crippen LogP contribution is -2.41. The molecule has 1 amide bonds. The molecule has 6 heteroatoms. The number of carbonyl (C=O) groups is 1. The van der Waals surface area contributed by atoms with Crippen molar-refractivity contribution in [2.45, 2.75) is 18.9 Å². The Balaban J connectivity index is 0.00000225. The zero-order chi connectivity index (χ0) is 17.1. The van der Waals surface area contributed by atoms with Crippen LogP contribution in [0.5, 0.6) is 0 Å². The second-order valence-corrected chi connectivity index (χ2v) is 6.49. The molecule has 1 aliphatic heterocycles. The number of hydrogen-bond acceptors (Lipinski definition) is 2. The van der Waals surface area contributed by atoms with Crippen LogP contribution in [0.1, 0.15) is 23.2 Å². The molecule has 1 N–H and O–H groups in total. The monoisotopic (exact) mass is 382 g/mol. The van der Waals surface area contributed by atoms with E-state index in [2.05, 4.69) is 5.32 Å². The number of rotatable bonds is 4. The molecule has 1 fully saturated rings. The average molecular weight is 383 g/mol. The van der Waals surface area contributed by atoms with Crippen molar-refractivity contribution < 1.29 is 9.18 Å². The molecule has 1 aliphatic rings. The van der Waals surface area contributed by atoms with Crippen molar-refractivity contribution in [2.75, 3.05) is 20.1 Å². The van der Waals surface area contributed by atoms with Crippen LogP contribution in [0, 0.1) is 5.82 Å². The molecule has 1 saturated heterocycles. The molecule has 0 bridgehead atoms. The van der Waals surface area contributed by atoms with Crippen molar-refractivity contribution in [3.05, 3.63) is 58.9 Å². The van der Waals surface area contributed by atoms with Gasteiger partial charge in [-0.2, -0.15) is 0 Å². The van der Waals surface area contributed by atoms with Gasteiger partial charge in [-0.3, -0.25) is 4.79 Å². The van der Waals surface area contributed by atoms with Crippen molar-refractivity contribution in [1.29, 1.82) is 0 Å². The fraction of sp³-hybridized carbons (Fsp3) is 0.316. The summed E-state index contributed by atoms with van der Waals surface area (Å²) in [6, 6.07) is 12.1. The van der Waals surface area contributed by atoms with E-state index in [-0.39, 0.29) is 29.9 Å². The summed E-state index contributed by atoms with van der Waals surface area (Å²) in [6.45, 7) is 1.42. The summed E-state index contributed by atoms with van der Waals surface area (Å²) in [6.07, 6.45) is 1.92. The second-order valence-electron chi connectivity index (χ2n) is 6.05. The number of likely N-dealkylation sites (tertiary alicyclic amines) is 1. The molecule has 2 aromatic carbocycles. The molecule has 25 heavy (non-hydrogen) atoms. The van der Waals surface area contributed by atoms with Gasteiger partial charge in [0.1, 0.15) is 5.82 Å². The van der Waals surface area contributed by atoms with E-state index in [1.165, 1.54) is 6.07 Å². The SMILES string of the molecule is CNCC1CCCN1C(=O)c1ccc(-c2ccc(Cl)cc2)cc1F.Cl. The molecule has 2 aromatic rings. The van der Waals surface area contributed by atoms with Crippen LogP contribution in [0.3, 0.4) is 0 Å². The lowest BCUT2D eigenvalue weighted by molar-refractivity contribution is 0.0732. The Bertz CT molecular complexity index is 737. The van der Waals surface area contributed by atoms with Crippen molar-refractivity contribution in [1.82, 2.24) is 10.2 Å². The summed E-state index contributed by atoms with van der Waals surface area (Å²) >= 11 is 5.88. The van der Waals surface area contributed by atoms with Crippen LogP contribution in [0.25, 0.3) is 11.1 Å². The Labute approximate surface area is 158 Å². The lowest BCUT2D eigenvalue weighted by atomic mass is 10.0.